The molecule has 1 aliphatic rings. The topological polar surface area (TPSA) is 80.2 Å². The maximum Gasteiger partial charge on any atom is 0.405 e. The number of amides is 1. The van der Waals surface area contributed by atoms with Gasteiger partial charge >= 0.3 is 6.18 Å². The van der Waals surface area contributed by atoms with Gasteiger partial charge in [0.2, 0.25) is 10.0 Å². The smallest absolute Gasteiger partial charge is 0.405 e. The molecule has 11 heteroatoms. The van der Waals surface area contributed by atoms with Gasteiger partial charge in [-0.3, -0.25) is 4.79 Å². The van der Waals surface area contributed by atoms with Crippen molar-refractivity contribution in [1.29, 1.82) is 0 Å². The molecule has 1 heterocycles. The molecule has 1 saturated heterocycles. The quantitative estimate of drug-likeness (QED) is 0.664. The second kappa shape index (κ2) is 8.23. The highest BCUT2D eigenvalue weighted by molar-refractivity contribution is 7.89. The highest BCUT2D eigenvalue weighted by Gasteiger charge is 2.32. The van der Waals surface area contributed by atoms with Crippen LogP contribution in [0, 0.1) is 0 Å². The standard InChI is InChI=1S/C15H20F3N3O4S/c1-25-12-2-4-13(5-3-12)26(23,24)21-8-6-20(7-9-21)10-14(22)19-11-15(16,17)18/h2-5H,6-11H2,1H3,(H,19,22)/p+1. The van der Waals surface area contributed by atoms with E-state index in [2.05, 4.69) is 0 Å². The molecular weight excluding hydrogens is 375 g/mol. The van der Waals surface area contributed by atoms with Crippen LogP contribution >= 0.6 is 0 Å². The molecule has 2 N–H and O–H groups in total. The zero-order valence-corrected chi connectivity index (χ0v) is 15.0. The van der Waals surface area contributed by atoms with E-state index in [1.54, 1.807) is 12.1 Å². The number of carbonyl (C=O) groups excluding carboxylic acids is 1. The minimum absolute atomic E-state index is 0.119. The van der Waals surface area contributed by atoms with Crippen molar-refractivity contribution >= 4 is 15.9 Å². The molecule has 1 aromatic rings. The van der Waals surface area contributed by atoms with E-state index in [9.17, 15) is 26.4 Å². The third-order valence-corrected chi connectivity index (χ3v) is 5.94. The molecule has 1 fully saturated rings. The lowest BCUT2D eigenvalue weighted by molar-refractivity contribution is -0.895. The Morgan fingerprint density at radius 3 is 2.31 bits per heavy atom. The van der Waals surface area contributed by atoms with Crippen molar-refractivity contribution in [2.24, 2.45) is 0 Å². The number of halogens is 3. The molecule has 2 rings (SSSR count). The third-order valence-electron chi connectivity index (χ3n) is 4.02. The lowest BCUT2D eigenvalue weighted by atomic mass is 10.3. The number of piperazine rings is 1. The van der Waals surface area contributed by atoms with Crippen LogP contribution in [0.5, 0.6) is 5.75 Å². The average molecular weight is 396 g/mol. The third kappa shape index (κ3) is 5.58. The fraction of sp³-hybridized carbons (Fsp3) is 0.533. The Hall–Kier alpha value is -1.85. The van der Waals surface area contributed by atoms with Crippen LogP contribution in [0.15, 0.2) is 29.2 Å². The number of rotatable bonds is 6. The molecule has 7 nitrogen and oxygen atoms in total. The summed E-state index contributed by atoms with van der Waals surface area (Å²) < 4.78 is 67.8. The molecule has 26 heavy (non-hydrogen) atoms. The van der Waals surface area contributed by atoms with Gasteiger partial charge in [0.1, 0.15) is 12.3 Å². The normalized spacial score (nSPS) is 17.1. The van der Waals surface area contributed by atoms with Gasteiger partial charge in [0.05, 0.1) is 38.2 Å². The number of carbonyl (C=O) groups is 1. The Morgan fingerprint density at radius 1 is 1.23 bits per heavy atom. The first kappa shape index (κ1) is 20.5. The average Bonchev–Trinajstić information content (AvgIpc) is 2.60. The van der Waals surface area contributed by atoms with Crippen molar-refractivity contribution in [2.45, 2.75) is 11.1 Å². The predicted molar refractivity (Wildman–Crippen MR) is 86.4 cm³/mol. The molecule has 1 amide bonds. The number of alkyl halides is 3. The van der Waals surface area contributed by atoms with Gasteiger partial charge in [-0.15, -0.1) is 0 Å². The van der Waals surface area contributed by atoms with E-state index in [1.807, 2.05) is 5.32 Å². The Labute approximate surface area is 149 Å². The molecule has 0 atom stereocenters. The number of nitrogens with zero attached hydrogens (tertiary/aromatic N) is 1. The van der Waals surface area contributed by atoms with Crippen molar-refractivity contribution in [3.05, 3.63) is 24.3 Å². The summed E-state index contributed by atoms with van der Waals surface area (Å²) in [6, 6.07) is 6.02. The zero-order valence-electron chi connectivity index (χ0n) is 14.2. The Morgan fingerprint density at radius 2 is 1.81 bits per heavy atom. The SMILES string of the molecule is COc1ccc(S(=O)(=O)N2CC[NH+](CC(=O)NCC(F)(F)F)CC2)cc1. The van der Waals surface area contributed by atoms with E-state index in [0.29, 0.717) is 18.8 Å². The Balaban J connectivity index is 1.87. The number of hydrogen-bond acceptors (Lipinski definition) is 4. The van der Waals surface area contributed by atoms with Crippen LogP contribution in [-0.4, -0.2) is 71.2 Å². The summed E-state index contributed by atoms with van der Waals surface area (Å²) in [4.78, 5) is 12.4. The summed E-state index contributed by atoms with van der Waals surface area (Å²) in [7, 11) is -2.17. The second-order valence-corrected chi connectivity index (χ2v) is 7.84. The lowest BCUT2D eigenvalue weighted by Crippen LogP contribution is -3.15. The Bertz CT molecular complexity index is 715. The number of benzene rings is 1. The van der Waals surface area contributed by atoms with E-state index < -0.39 is 28.7 Å². The molecule has 0 bridgehead atoms. The van der Waals surface area contributed by atoms with Gasteiger partial charge in [-0.25, -0.2) is 8.42 Å². The van der Waals surface area contributed by atoms with Crippen LogP contribution in [0.25, 0.3) is 0 Å². The van der Waals surface area contributed by atoms with Gasteiger partial charge in [-0.1, -0.05) is 0 Å². The molecule has 1 aliphatic heterocycles. The van der Waals surface area contributed by atoms with Crippen LogP contribution < -0.4 is 15.0 Å². The first-order valence-electron chi connectivity index (χ1n) is 7.93. The van der Waals surface area contributed by atoms with Crippen LogP contribution in [0.4, 0.5) is 13.2 Å². The molecule has 146 valence electrons. The van der Waals surface area contributed by atoms with Crippen molar-refractivity contribution in [3.63, 3.8) is 0 Å². The van der Waals surface area contributed by atoms with Gasteiger partial charge in [-0.05, 0) is 24.3 Å². The summed E-state index contributed by atoms with van der Waals surface area (Å²) in [6.07, 6.45) is -4.45. The van der Waals surface area contributed by atoms with Gasteiger partial charge in [0, 0.05) is 0 Å². The van der Waals surface area contributed by atoms with Crippen LogP contribution in [-0.2, 0) is 14.8 Å². The number of methoxy groups -OCH3 is 1. The number of nitrogens with one attached hydrogen (secondary N) is 2. The summed E-state index contributed by atoms with van der Waals surface area (Å²) >= 11 is 0. The lowest BCUT2D eigenvalue weighted by Gasteiger charge is -2.31. The minimum atomic E-state index is -4.45. The van der Waals surface area contributed by atoms with Gasteiger partial charge < -0.3 is 15.0 Å². The van der Waals surface area contributed by atoms with Crippen molar-refractivity contribution in [2.75, 3.05) is 46.4 Å². The first-order chi connectivity index (χ1) is 12.1. The molecule has 0 aliphatic carbocycles. The second-order valence-electron chi connectivity index (χ2n) is 5.90. The summed E-state index contributed by atoms with van der Waals surface area (Å²) in [5, 5.41) is 1.82. The van der Waals surface area contributed by atoms with Crippen LogP contribution in [0.3, 0.4) is 0 Å². The fourth-order valence-electron chi connectivity index (χ4n) is 2.60. The molecule has 0 unspecified atom stereocenters. The summed E-state index contributed by atoms with van der Waals surface area (Å²) in [6.45, 7) is -0.417. The number of hydrogen-bond donors (Lipinski definition) is 2. The molecular formula is C15H21F3N3O4S+. The predicted octanol–water partition coefficient (Wildman–Crippen LogP) is -0.737. The van der Waals surface area contributed by atoms with Gasteiger partial charge in [0.15, 0.2) is 6.54 Å². The summed E-state index contributed by atoms with van der Waals surface area (Å²) in [5.74, 6) is -0.160. The van der Waals surface area contributed by atoms with Gasteiger partial charge in [-0.2, -0.15) is 17.5 Å². The number of ether oxygens (including phenoxy) is 1. The highest BCUT2D eigenvalue weighted by Crippen LogP contribution is 2.19. The molecule has 0 radical (unpaired) electrons. The van der Waals surface area contributed by atoms with Gasteiger partial charge in [0.25, 0.3) is 5.91 Å². The van der Waals surface area contributed by atoms with E-state index in [4.69, 9.17) is 4.74 Å². The fourth-order valence-corrected chi connectivity index (χ4v) is 4.05. The number of sulfonamides is 1. The molecule has 0 aromatic heterocycles. The van der Waals surface area contributed by atoms with Crippen LogP contribution in [0.2, 0.25) is 0 Å². The van der Waals surface area contributed by atoms with E-state index >= 15 is 0 Å². The maximum absolute atomic E-state index is 12.6. The zero-order chi connectivity index (χ0) is 19.4. The largest absolute Gasteiger partial charge is 0.497 e. The van der Waals surface area contributed by atoms with E-state index in [-0.39, 0.29) is 24.5 Å². The Kier molecular flexibility index (Phi) is 6.48. The number of quaternary nitrogens is 1. The maximum atomic E-state index is 12.6. The highest BCUT2D eigenvalue weighted by atomic mass is 32.2. The molecule has 0 saturated carbocycles. The molecule has 0 spiro atoms. The minimum Gasteiger partial charge on any atom is -0.497 e. The van der Waals surface area contributed by atoms with E-state index in [1.165, 1.54) is 23.5 Å². The van der Waals surface area contributed by atoms with Crippen molar-refractivity contribution in [1.82, 2.24) is 9.62 Å². The summed E-state index contributed by atoms with van der Waals surface area (Å²) in [5.41, 5.74) is 0. The van der Waals surface area contributed by atoms with E-state index in [0.717, 1.165) is 4.90 Å². The monoisotopic (exact) mass is 396 g/mol. The van der Waals surface area contributed by atoms with Crippen molar-refractivity contribution < 1.29 is 36.0 Å². The van der Waals surface area contributed by atoms with Crippen molar-refractivity contribution in [3.8, 4) is 5.75 Å². The van der Waals surface area contributed by atoms with Crippen LogP contribution in [0.1, 0.15) is 0 Å². The first-order valence-corrected chi connectivity index (χ1v) is 9.37. The molecule has 1 aromatic carbocycles.